The summed E-state index contributed by atoms with van der Waals surface area (Å²) in [6.07, 6.45) is 3.53. The average Bonchev–Trinajstić information content (AvgIpc) is 3.44. The summed E-state index contributed by atoms with van der Waals surface area (Å²) >= 11 is 0. The SMILES string of the molecule is C=CC(=O)N1CCC(n2nc(N[C@@H](C)c3cc(OC)cc(OC)c3)c3c(N)ncnc32)C1. The zero-order valence-electron chi connectivity index (χ0n) is 18.4. The van der Waals surface area contributed by atoms with E-state index in [2.05, 4.69) is 21.9 Å². The van der Waals surface area contributed by atoms with Gasteiger partial charge in [-0.2, -0.15) is 5.10 Å². The fourth-order valence-electron chi connectivity index (χ4n) is 3.99. The second-order valence-electron chi connectivity index (χ2n) is 7.69. The van der Waals surface area contributed by atoms with Crippen LogP contribution in [0.25, 0.3) is 11.0 Å². The summed E-state index contributed by atoms with van der Waals surface area (Å²) in [5, 5.41) is 8.89. The van der Waals surface area contributed by atoms with Gasteiger partial charge in [0, 0.05) is 19.2 Å². The highest BCUT2D eigenvalue weighted by atomic mass is 16.5. The van der Waals surface area contributed by atoms with Crippen molar-refractivity contribution in [2.24, 2.45) is 0 Å². The van der Waals surface area contributed by atoms with Gasteiger partial charge in [-0.3, -0.25) is 4.79 Å². The van der Waals surface area contributed by atoms with Crippen molar-refractivity contribution in [1.29, 1.82) is 0 Å². The lowest BCUT2D eigenvalue weighted by atomic mass is 10.1. The van der Waals surface area contributed by atoms with E-state index in [4.69, 9.17) is 20.3 Å². The molecule has 3 heterocycles. The van der Waals surface area contributed by atoms with Crippen molar-refractivity contribution >= 4 is 28.6 Å². The molecule has 1 aromatic carbocycles. The Morgan fingerprint density at radius 3 is 2.66 bits per heavy atom. The molecule has 2 aromatic heterocycles. The monoisotopic (exact) mass is 437 g/mol. The smallest absolute Gasteiger partial charge is 0.246 e. The molecular weight excluding hydrogens is 410 g/mol. The van der Waals surface area contributed by atoms with Crippen molar-refractivity contribution in [2.75, 3.05) is 38.4 Å². The number of anilines is 2. The van der Waals surface area contributed by atoms with Gasteiger partial charge in [0.2, 0.25) is 5.91 Å². The number of benzene rings is 1. The van der Waals surface area contributed by atoms with Crippen molar-refractivity contribution in [2.45, 2.75) is 25.4 Å². The van der Waals surface area contributed by atoms with E-state index in [-0.39, 0.29) is 18.0 Å². The fraction of sp³-hybridized carbons (Fsp3) is 0.364. The van der Waals surface area contributed by atoms with Gasteiger partial charge >= 0.3 is 0 Å². The average molecular weight is 438 g/mol. The van der Waals surface area contributed by atoms with E-state index in [0.29, 0.717) is 47.3 Å². The van der Waals surface area contributed by atoms with E-state index in [0.717, 1.165) is 12.0 Å². The summed E-state index contributed by atoms with van der Waals surface area (Å²) in [5.74, 6) is 2.24. The van der Waals surface area contributed by atoms with Gasteiger partial charge in [0.05, 0.1) is 26.3 Å². The molecule has 3 aromatic rings. The third-order valence-electron chi connectivity index (χ3n) is 5.74. The number of hydrogen-bond acceptors (Lipinski definition) is 8. The number of hydrogen-bond donors (Lipinski definition) is 2. The Bertz CT molecular complexity index is 1140. The minimum Gasteiger partial charge on any atom is -0.497 e. The number of amides is 1. The Kier molecular flexibility index (Phi) is 5.85. The lowest BCUT2D eigenvalue weighted by Crippen LogP contribution is -2.27. The van der Waals surface area contributed by atoms with Crippen LogP contribution in [0.4, 0.5) is 11.6 Å². The van der Waals surface area contributed by atoms with Gasteiger partial charge in [0.15, 0.2) is 11.5 Å². The van der Waals surface area contributed by atoms with E-state index in [1.165, 1.54) is 12.4 Å². The van der Waals surface area contributed by atoms with E-state index in [9.17, 15) is 4.79 Å². The van der Waals surface area contributed by atoms with E-state index in [1.54, 1.807) is 19.1 Å². The molecule has 168 valence electrons. The topological polar surface area (TPSA) is 120 Å². The molecule has 10 nitrogen and oxygen atoms in total. The first kappa shape index (κ1) is 21.4. The van der Waals surface area contributed by atoms with Gasteiger partial charge in [-0.25, -0.2) is 14.6 Å². The highest BCUT2D eigenvalue weighted by Gasteiger charge is 2.30. The van der Waals surface area contributed by atoms with E-state index >= 15 is 0 Å². The summed E-state index contributed by atoms with van der Waals surface area (Å²) in [6, 6.07) is 5.55. The third-order valence-corrected chi connectivity index (χ3v) is 5.74. The summed E-state index contributed by atoms with van der Waals surface area (Å²) < 4.78 is 12.6. The first-order valence-electron chi connectivity index (χ1n) is 10.3. The Morgan fingerprint density at radius 2 is 2.00 bits per heavy atom. The van der Waals surface area contributed by atoms with E-state index < -0.39 is 0 Å². The van der Waals surface area contributed by atoms with Crippen LogP contribution in [0.1, 0.15) is 31.0 Å². The van der Waals surface area contributed by atoms with Gasteiger partial charge < -0.3 is 25.4 Å². The summed E-state index contributed by atoms with van der Waals surface area (Å²) in [5.41, 5.74) is 7.80. The van der Waals surface area contributed by atoms with Crippen LogP contribution in [0.5, 0.6) is 11.5 Å². The highest BCUT2D eigenvalue weighted by Crippen LogP contribution is 2.34. The first-order chi connectivity index (χ1) is 15.4. The Hall–Kier alpha value is -3.82. The molecule has 3 N–H and O–H groups in total. The Labute approximate surface area is 186 Å². The number of aromatic nitrogens is 4. The normalized spacial score (nSPS) is 16.7. The Morgan fingerprint density at radius 1 is 1.28 bits per heavy atom. The second kappa shape index (κ2) is 8.74. The minimum absolute atomic E-state index is 0.0153. The van der Waals surface area contributed by atoms with Crippen LogP contribution in [-0.2, 0) is 4.79 Å². The van der Waals surface area contributed by atoms with Crippen molar-refractivity contribution in [3.8, 4) is 11.5 Å². The number of carbonyl (C=O) groups is 1. The summed E-state index contributed by atoms with van der Waals surface area (Å²) in [7, 11) is 3.23. The minimum atomic E-state index is -0.132. The lowest BCUT2D eigenvalue weighted by molar-refractivity contribution is -0.125. The predicted molar refractivity (Wildman–Crippen MR) is 122 cm³/mol. The van der Waals surface area contributed by atoms with Crippen molar-refractivity contribution in [3.63, 3.8) is 0 Å². The lowest BCUT2D eigenvalue weighted by Gasteiger charge is -2.17. The molecular formula is C22H27N7O3. The number of methoxy groups -OCH3 is 2. The van der Waals surface area contributed by atoms with Crippen molar-refractivity contribution < 1.29 is 14.3 Å². The molecule has 2 atom stereocenters. The zero-order valence-corrected chi connectivity index (χ0v) is 18.4. The predicted octanol–water partition coefficient (Wildman–Crippen LogP) is 2.56. The van der Waals surface area contributed by atoms with Crippen molar-refractivity contribution in [1.82, 2.24) is 24.6 Å². The van der Waals surface area contributed by atoms with Crippen LogP contribution in [0.15, 0.2) is 37.2 Å². The first-order valence-corrected chi connectivity index (χ1v) is 10.3. The molecule has 4 rings (SSSR count). The fourth-order valence-corrected chi connectivity index (χ4v) is 3.99. The van der Waals surface area contributed by atoms with Crippen LogP contribution < -0.4 is 20.5 Å². The van der Waals surface area contributed by atoms with Gasteiger partial charge in [-0.05, 0) is 37.1 Å². The van der Waals surface area contributed by atoms with Gasteiger partial charge in [-0.1, -0.05) is 6.58 Å². The van der Waals surface area contributed by atoms with Crippen LogP contribution in [0.2, 0.25) is 0 Å². The van der Waals surface area contributed by atoms with Crippen LogP contribution in [0, 0.1) is 0 Å². The highest BCUT2D eigenvalue weighted by molar-refractivity contribution is 5.96. The summed E-state index contributed by atoms with van der Waals surface area (Å²) in [6.45, 7) is 6.76. The van der Waals surface area contributed by atoms with Gasteiger partial charge in [0.25, 0.3) is 0 Å². The molecule has 1 unspecified atom stereocenters. The molecule has 0 aliphatic carbocycles. The molecule has 32 heavy (non-hydrogen) atoms. The van der Waals surface area contributed by atoms with Crippen LogP contribution >= 0.6 is 0 Å². The largest absolute Gasteiger partial charge is 0.497 e. The van der Waals surface area contributed by atoms with Gasteiger partial charge in [0.1, 0.15) is 29.0 Å². The number of nitrogen functional groups attached to an aromatic ring is 1. The van der Waals surface area contributed by atoms with Crippen molar-refractivity contribution in [3.05, 3.63) is 42.7 Å². The number of ether oxygens (including phenoxy) is 2. The number of carbonyl (C=O) groups excluding carboxylic acids is 1. The van der Waals surface area contributed by atoms with E-state index in [1.807, 2.05) is 29.8 Å². The standard InChI is InChI=1S/C22H27N7O3/c1-5-18(30)28-7-6-15(11-28)29-22-19(20(23)24-12-25-22)21(27-29)26-13(2)14-8-16(31-3)10-17(9-14)32-4/h5,8-10,12-13,15H,1,6-7,11H2,2-4H3,(H,26,27)(H2,23,24,25)/t13-,15?/m0/s1. The zero-order chi connectivity index (χ0) is 22.8. The van der Waals surface area contributed by atoms with Crippen LogP contribution in [0.3, 0.4) is 0 Å². The molecule has 1 aliphatic heterocycles. The maximum Gasteiger partial charge on any atom is 0.246 e. The molecule has 1 fully saturated rings. The molecule has 1 aliphatic rings. The number of nitrogens with two attached hydrogens (primary N) is 1. The summed E-state index contributed by atoms with van der Waals surface area (Å²) in [4.78, 5) is 22.4. The molecule has 0 spiro atoms. The second-order valence-corrected chi connectivity index (χ2v) is 7.69. The molecule has 1 amide bonds. The number of nitrogens with one attached hydrogen (secondary N) is 1. The number of fused-ring (bicyclic) bond motifs is 1. The molecule has 0 bridgehead atoms. The molecule has 1 saturated heterocycles. The van der Waals surface area contributed by atoms with Crippen LogP contribution in [-0.4, -0.2) is 57.9 Å². The number of nitrogens with zero attached hydrogens (tertiary/aromatic N) is 5. The number of likely N-dealkylation sites (tertiary alicyclic amines) is 1. The maximum atomic E-state index is 12.0. The quantitative estimate of drug-likeness (QED) is 0.541. The molecule has 0 radical (unpaired) electrons. The molecule has 10 heteroatoms. The number of rotatable bonds is 7. The Balaban J connectivity index is 1.68. The maximum absolute atomic E-state index is 12.0. The molecule has 0 saturated carbocycles. The third kappa shape index (κ3) is 3.91. The van der Waals surface area contributed by atoms with Gasteiger partial charge in [-0.15, -0.1) is 0 Å².